The van der Waals surface area contributed by atoms with Gasteiger partial charge in [-0.25, -0.2) is 23.1 Å². The van der Waals surface area contributed by atoms with Crippen molar-refractivity contribution in [3.63, 3.8) is 0 Å². The van der Waals surface area contributed by atoms with Crippen LogP contribution < -0.4 is 24.4 Å². The number of aromatic nitrogens is 4. The zero-order valence-electron chi connectivity index (χ0n) is 24.9. The molecule has 13 heteroatoms. The summed E-state index contributed by atoms with van der Waals surface area (Å²) in [5.74, 6) is -2.46. The van der Waals surface area contributed by atoms with Gasteiger partial charge in [0.05, 0.1) is 25.2 Å². The van der Waals surface area contributed by atoms with Gasteiger partial charge in [-0.1, -0.05) is 24.3 Å². The monoisotopic (exact) mass is 619 g/mol. The first-order chi connectivity index (χ1) is 21.7. The van der Waals surface area contributed by atoms with Gasteiger partial charge in [0.25, 0.3) is 5.92 Å². The van der Waals surface area contributed by atoms with Crippen molar-refractivity contribution in [1.82, 2.24) is 30.2 Å². The summed E-state index contributed by atoms with van der Waals surface area (Å²) in [5, 5.41) is 5.56. The molecule has 4 fully saturated rings. The maximum atomic E-state index is 16.9. The number of rotatable bonds is 5. The van der Waals surface area contributed by atoms with E-state index in [1.165, 1.54) is 7.11 Å². The molecule has 0 aliphatic carbocycles. The Morgan fingerprint density at radius 1 is 1.11 bits per heavy atom. The Morgan fingerprint density at radius 2 is 1.98 bits per heavy atom. The predicted octanol–water partition coefficient (Wildman–Crippen LogP) is 4.34. The number of ether oxygens (including phenoxy) is 3. The lowest BCUT2D eigenvalue weighted by atomic mass is 9.85. The van der Waals surface area contributed by atoms with Crippen LogP contribution in [0.1, 0.15) is 32.6 Å². The van der Waals surface area contributed by atoms with E-state index in [2.05, 4.69) is 20.2 Å². The molecule has 2 bridgehead atoms. The van der Waals surface area contributed by atoms with E-state index in [-0.39, 0.29) is 66.9 Å². The molecule has 0 radical (unpaired) electrons. The van der Waals surface area contributed by atoms with Crippen LogP contribution in [0.3, 0.4) is 0 Å². The smallest absolute Gasteiger partial charge is 0.319 e. The quantitative estimate of drug-likeness (QED) is 0.348. The number of nitrogens with zero attached hydrogens (tertiary/aromatic N) is 6. The predicted molar refractivity (Wildman–Crippen MR) is 160 cm³/mol. The van der Waals surface area contributed by atoms with Crippen molar-refractivity contribution in [2.75, 3.05) is 38.3 Å². The van der Waals surface area contributed by atoms with E-state index >= 15 is 4.39 Å². The molecule has 8 heterocycles. The molecule has 3 aromatic heterocycles. The molecule has 45 heavy (non-hydrogen) atoms. The minimum atomic E-state index is -2.77. The van der Waals surface area contributed by atoms with Crippen molar-refractivity contribution in [3.05, 3.63) is 36.1 Å². The minimum Gasteiger partial charge on any atom is -0.481 e. The largest absolute Gasteiger partial charge is 0.481 e. The number of hydrogen-bond acceptors (Lipinski definition) is 10. The number of nitrogens with one attached hydrogen (secondary N) is 1. The van der Waals surface area contributed by atoms with Gasteiger partial charge in [0.2, 0.25) is 11.8 Å². The summed E-state index contributed by atoms with van der Waals surface area (Å²) in [6, 6.07) is 9.53. The van der Waals surface area contributed by atoms with Gasteiger partial charge in [-0.2, -0.15) is 9.97 Å². The van der Waals surface area contributed by atoms with Gasteiger partial charge >= 0.3 is 6.01 Å². The molecule has 0 saturated carbocycles. The maximum absolute atomic E-state index is 16.9. The molecule has 9 rings (SSSR count). The summed E-state index contributed by atoms with van der Waals surface area (Å²) < 4.78 is 63.9. The summed E-state index contributed by atoms with van der Waals surface area (Å²) in [5.41, 5.74) is -0.531. The van der Waals surface area contributed by atoms with Gasteiger partial charge in [0.15, 0.2) is 5.82 Å². The molecule has 5 atom stereocenters. The lowest BCUT2D eigenvalue weighted by Crippen LogP contribution is -2.62. The second-order valence-electron chi connectivity index (χ2n) is 13.1. The average molecular weight is 620 g/mol. The molecule has 0 spiro atoms. The minimum absolute atomic E-state index is 0.00876. The first-order valence-corrected chi connectivity index (χ1v) is 15.5. The highest BCUT2D eigenvalue weighted by atomic mass is 19.3. The van der Waals surface area contributed by atoms with Crippen LogP contribution in [0.15, 0.2) is 30.3 Å². The van der Waals surface area contributed by atoms with E-state index in [0.717, 1.165) is 18.2 Å². The number of benzene rings is 1. The molecule has 10 nitrogen and oxygen atoms in total. The van der Waals surface area contributed by atoms with Gasteiger partial charge in [-0.15, -0.1) is 0 Å². The van der Waals surface area contributed by atoms with Crippen LogP contribution in [0, 0.1) is 5.82 Å². The molecule has 1 aromatic carbocycles. The molecule has 0 unspecified atom stereocenters. The Balaban J connectivity index is 1.23. The lowest BCUT2D eigenvalue weighted by molar-refractivity contribution is -0.0132. The Labute approximate surface area is 256 Å². The topological polar surface area (TPSA) is 97.8 Å². The summed E-state index contributed by atoms with van der Waals surface area (Å²) >= 11 is 0. The SMILES string of the molecule is COc1cc2ccccc2c(-c2nc3c4c(nc(OC[C@]56CCN5CC(F)(F)C6)nc4c2F)N2C[C@H]4CC[C@H](N4)[C@H]2[C@H](C)O3)n1. The van der Waals surface area contributed by atoms with Crippen LogP contribution in [0.5, 0.6) is 17.8 Å². The van der Waals surface area contributed by atoms with E-state index in [0.29, 0.717) is 47.7 Å². The Morgan fingerprint density at radius 3 is 2.78 bits per heavy atom. The summed E-state index contributed by atoms with van der Waals surface area (Å²) in [6.07, 6.45) is 2.00. The summed E-state index contributed by atoms with van der Waals surface area (Å²) in [6.45, 7) is 2.95. The number of anilines is 1. The van der Waals surface area contributed by atoms with Crippen molar-refractivity contribution in [2.45, 2.75) is 68.3 Å². The van der Waals surface area contributed by atoms with E-state index < -0.39 is 17.3 Å². The van der Waals surface area contributed by atoms with Crippen molar-refractivity contribution in [1.29, 1.82) is 0 Å². The summed E-state index contributed by atoms with van der Waals surface area (Å²) in [7, 11) is 1.51. The van der Waals surface area contributed by atoms with Crippen LogP contribution >= 0.6 is 0 Å². The first-order valence-electron chi connectivity index (χ1n) is 15.5. The van der Waals surface area contributed by atoms with Crippen molar-refractivity contribution >= 4 is 27.5 Å². The lowest BCUT2D eigenvalue weighted by Gasteiger charge is -2.46. The first kappa shape index (κ1) is 27.3. The fourth-order valence-electron chi connectivity index (χ4n) is 8.23. The number of fused-ring (bicyclic) bond motifs is 7. The van der Waals surface area contributed by atoms with Gasteiger partial charge in [-0.3, -0.25) is 4.90 Å². The van der Waals surface area contributed by atoms with E-state index in [1.807, 2.05) is 31.2 Å². The highest BCUT2D eigenvalue weighted by molar-refractivity contribution is 6.00. The molecule has 5 aliphatic rings. The molecular formula is C32H32F3N7O3. The molecule has 0 amide bonds. The number of piperazine rings is 1. The van der Waals surface area contributed by atoms with Crippen LogP contribution in [0.25, 0.3) is 33.1 Å². The molecule has 1 N–H and O–H groups in total. The van der Waals surface area contributed by atoms with Crippen LogP contribution in [-0.2, 0) is 0 Å². The Hall–Kier alpha value is -3.97. The van der Waals surface area contributed by atoms with Gasteiger partial charge in [0, 0.05) is 43.0 Å². The zero-order chi connectivity index (χ0) is 30.7. The van der Waals surface area contributed by atoms with Crippen molar-refractivity contribution < 1.29 is 27.4 Å². The highest BCUT2D eigenvalue weighted by Crippen LogP contribution is 2.48. The Bertz CT molecular complexity index is 1880. The number of alkyl halides is 2. The van der Waals surface area contributed by atoms with Crippen LogP contribution in [-0.4, -0.2) is 93.9 Å². The summed E-state index contributed by atoms with van der Waals surface area (Å²) in [4.78, 5) is 22.8. The molecule has 234 valence electrons. The fourth-order valence-corrected chi connectivity index (χ4v) is 8.23. The van der Waals surface area contributed by atoms with Gasteiger partial charge < -0.3 is 24.4 Å². The van der Waals surface area contributed by atoms with E-state index in [9.17, 15) is 8.78 Å². The second kappa shape index (κ2) is 9.52. The second-order valence-corrected chi connectivity index (χ2v) is 13.1. The third kappa shape index (κ3) is 4.09. The molecule has 4 aromatic rings. The Kier molecular flexibility index (Phi) is 5.79. The van der Waals surface area contributed by atoms with E-state index in [4.69, 9.17) is 24.2 Å². The maximum Gasteiger partial charge on any atom is 0.319 e. The molecular weight excluding hydrogens is 587 g/mol. The molecule has 4 saturated heterocycles. The average Bonchev–Trinajstić information content (AvgIpc) is 3.44. The van der Waals surface area contributed by atoms with Gasteiger partial charge in [0.1, 0.15) is 40.8 Å². The number of pyridine rings is 2. The van der Waals surface area contributed by atoms with Crippen molar-refractivity contribution in [3.8, 4) is 29.2 Å². The van der Waals surface area contributed by atoms with Crippen LogP contribution in [0.2, 0.25) is 0 Å². The zero-order valence-corrected chi connectivity index (χ0v) is 24.9. The third-order valence-electron chi connectivity index (χ3n) is 10.4. The van der Waals surface area contributed by atoms with Crippen molar-refractivity contribution in [2.24, 2.45) is 0 Å². The number of methoxy groups -OCH3 is 1. The third-order valence-corrected chi connectivity index (χ3v) is 10.4. The van der Waals surface area contributed by atoms with E-state index in [1.54, 1.807) is 11.0 Å². The molecule has 5 aliphatic heterocycles. The van der Waals surface area contributed by atoms with Gasteiger partial charge in [-0.05, 0) is 31.6 Å². The standard InChI is InChI=1S/C32H32F3N7O3/c1-16-27-20-8-7-18(36-20)12-42(27)28-22-25(39-30(40-28)44-15-31-9-10-41(31)14-32(34,35)13-31)23(33)26(38-29(22)45-16)24-19-6-4-3-5-17(19)11-21(37-24)43-2/h3-6,11,16,18,20,27,36H,7-10,12-15H2,1-2H3/t16-,18+,20-,27+,31+/m0/s1. The number of halogens is 3. The highest BCUT2D eigenvalue weighted by Gasteiger charge is 2.60. The van der Waals surface area contributed by atoms with Crippen LogP contribution in [0.4, 0.5) is 19.0 Å². The normalized spacial score (nSPS) is 29.6. The fraction of sp³-hybridized carbons (Fsp3) is 0.500. The number of hydrogen-bond donors (Lipinski definition) is 1.